The molecule has 8 nitrogen and oxygen atoms in total. The maximum Gasteiger partial charge on any atom is 0.248 e. The molecule has 0 radical (unpaired) electrons. The molecule has 1 aromatic rings. The number of thiophene rings is 1. The van der Waals surface area contributed by atoms with Crippen molar-refractivity contribution in [3.63, 3.8) is 0 Å². The van der Waals surface area contributed by atoms with Crippen LogP contribution in [0.25, 0.3) is 0 Å². The van der Waals surface area contributed by atoms with Crippen LogP contribution >= 0.6 is 23.7 Å². The number of ether oxygens (including phenoxy) is 2. The third kappa shape index (κ3) is 2.36. The Hall–Kier alpha value is -0.400. The monoisotopic (exact) mass is 326 g/mol. The predicted octanol–water partition coefficient (Wildman–Crippen LogP) is 0.861. The normalized spacial score (nSPS) is 22.5. The fourth-order valence-electron chi connectivity index (χ4n) is 1.78. The van der Waals surface area contributed by atoms with Gasteiger partial charge in [-0.05, 0) is 13.0 Å². The highest BCUT2D eigenvalue weighted by atomic mass is 32.2. The molecule has 0 aromatic carbocycles. The van der Waals surface area contributed by atoms with Crippen molar-refractivity contribution < 1.29 is 26.5 Å². The molecule has 3 heterocycles. The van der Waals surface area contributed by atoms with E-state index in [4.69, 9.17) is 23.2 Å². The lowest BCUT2D eigenvalue weighted by atomic mass is 10.1. The van der Waals surface area contributed by atoms with E-state index in [1.54, 1.807) is 13.0 Å². The van der Waals surface area contributed by atoms with Crippen molar-refractivity contribution in [2.75, 3.05) is 18.4 Å². The third-order valence-electron chi connectivity index (χ3n) is 2.65. The molecule has 2 N–H and O–H groups in total. The fraction of sp³-hybridized carbons (Fsp3) is 0.500. The minimum Gasteiger partial charge on any atom is -0.344 e. The molecule has 0 bridgehead atoms. The molecule has 0 unspecified atom stereocenters. The molecule has 0 aliphatic carbocycles. The van der Waals surface area contributed by atoms with Crippen LogP contribution in [0.15, 0.2) is 10.3 Å². The summed E-state index contributed by atoms with van der Waals surface area (Å²) in [5.74, 6) is -1.13. The van der Waals surface area contributed by atoms with Crippen molar-refractivity contribution in [1.82, 2.24) is 0 Å². The van der Waals surface area contributed by atoms with E-state index in [9.17, 15) is 8.42 Å². The van der Waals surface area contributed by atoms with Crippen molar-refractivity contribution in [2.24, 2.45) is 5.14 Å². The summed E-state index contributed by atoms with van der Waals surface area (Å²) in [6.07, 6.45) is 0. The Kier molecular flexibility index (Phi) is 3.26. The molecule has 0 amide bonds. The van der Waals surface area contributed by atoms with Gasteiger partial charge in [-0.3, -0.25) is 0 Å². The molecule has 2 aliphatic heterocycles. The molecule has 2 saturated heterocycles. The van der Waals surface area contributed by atoms with Gasteiger partial charge in [-0.15, -0.1) is 8.57 Å². The van der Waals surface area contributed by atoms with Gasteiger partial charge in [0.25, 0.3) is 0 Å². The average molecular weight is 326 g/mol. The smallest absolute Gasteiger partial charge is 0.248 e. The Morgan fingerprint density at radius 2 is 2.00 bits per heavy atom. The summed E-state index contributed by atoms with van der Waals surface area (Å²) in [6.45, 7) is 2.42. The highest BCUT2D eigenvalue weighted by molar-refractivity contribution is 7.91. The number of sulfonamides is 1. The maximum atomic E-state index is 11.7. The van der Waals surface area contributed by atoms with Gasteiger partial charge in [-0.1, -0.05) is 16.6 Å². The number of rotatable bonds is 3. The Labute approximate surface area is 117 Å². The number of hydrogen-bond acceptors (Lipinski definition) is 9. The van der Waals surface area contributed by atoms with Crippen LogP contribution in [-0.4, -0.2) is 21.6 Å². The van der Waals surface area contributed by atoms with Crippen LogP contribution in [-0.2, 0) is 33.9 Å². The standard InChI is InChI=1S/C8H10N2O6S3/c1-8(13-2-3-14-8)5-4-6(10-15-18-16-10)17-7(5)19(9,11)12/h4H,2-3H2,1H3,(H2,9,11,12). The molecule has 3 rings (SSSR count). The van der Waals surface area contributed by atoms with Crippen molar-refractivity contribution in [1.29, 1.82) is 0 Å². The van der Waals surface area contributed by atoms with Crippen molar-refractivity contribution in [3.05, 3.63) is 11.6 Å². The Bertz CT molecular complexity index is 590. The molecule has 0 spiro atoms. The lowest BCUT2D eigenvalue weighted by Gasteiger charge is -2.24. The van der Waals surface area contributed by atoms with Crippen molar-refractivity contribution >= 4 is 38.7 Å². The second-order valence-electron chi connectivity index (χ2n) is 3.95. The number of primary sulfonamides is 1. The van der Waals surface area contributed by atoms with E-state index in [1.807, 2.05) is 0 Å². The first-order valence-corrected chi connectivity index (χ1v) is 8.20. The van der Waals surface area contributed by atoms with Crippen LogP contribution in [0.5, 0.6) is 0 Å². The first kappa shape index (κ1) is 13.6. The van der Waals surface area contributed by atoms with Gasteiger partial charge in [0.1, 0.15) is 4.21 Å². The zero-order valence-electron chi connectivity index (χ0n) is 9.69. The third-order valence-corrected chi connectivity index (χ3v) is 5.60. The molecule has 0 atom stereocenters. The summed E-state index contributed by atoms with van der Waals surface area (Å²) in [5.41, 5.74) is 0.344. The fourth-order valence-corrected chi connectivity index (χ4v) is 4.30. The molecule has 2 aliphatic rings. The number of anilines is 1. The van der Waals surface area contributed by atoms with E-state index < -0.39 is 15.8 Å². The lowest BCUT2D eigenvalue weighted by molar-refractivity contribution is -0.151. The van der Waals surface area contributed by atoms with Crippen LogP contribution < -0.4 is 10.4 Å². The molecule has 106 valence electrons. The minimum absolute atomic E-state index is 0.0315. The minimum atomic E-state index is -3.89. The Morgan fingerprint density at radius 3 is 2.47 bits per heavy atom. The summed E-state index contributed by atoms with van der Waals surface area (Å²) in [7, 11) is -3.89. The van der Waals surface area contributed by atoms with Gasteiger partial charge in [0.15, 0.2) is 10.8 Å². The van der Waals surface area contributed by atoms with Gasteiger partial charge in [0.05, 0.1) is 13.2 Å². The second-order valence-corrected chi connectivity index (χ2v) is 7.17. The van der Waals surface area contributed by atoms with E-state index in [1.165, 1.54) is 0 Å². The van der Waals surface area contributed by atoms with Crippen molar-refractivity contribution in [2.45, 2.75) is 16.9 Å². The van der Waals surface area contributed by atoms with Gasteiger partial charge in [0.2, 0.25) is 22.3 Å². The SMILES string of the molecule is CC1(c2cc(N3OSO3)sc2S(N)(=O)=O)OCCO1. The Morgan fingerprint density at radius 1 is 1.37 bits per heavy atom. The largest absolute Gasteiger partial charge is 0.344 e. The number of nitrogens with two attached hydrogens (primary N) is 1. The van der Waals surface area contributed by atoms with Gasteiger partial charge < -0.3 is 9.47 Å². The first-order valence-electron chi connectivity index (χ1n) is 5.17. The van der Waals surface area contributed by atoms with Crippen LogP contribution in [0.3, 0.4) is 0 Å². The average Bonchev–Trinajstić information content (AvgIpc) is 2.81. The van der Waals surface area contributed by atoms with Crippen molar-refractivity contribution in [3.8, 4) is 0 Å². The molecule has 11 heteroatoms. The molecule has 19 heavy (non-hydrogen) atoms. The second kappa shape index (κ2) is 4.56. The van der Waals surface area contributed by atoms with E-state index in [0.717, 1.165) is 28.9 Å². The molecule has 2 fully saturated rings. The topological polar surface area (TPSA) is 100 Å². The van der Waals surface area contributed by atoms with Gasteiger partial charge in [0, 0.05) is 5.56 Å². The van der Waals surface area contributed by atoms with Crippen LogP contribution in [0, 0.1) is 0 Å². The van der Waals surface area contributed by atoms with Crippen LogP contribution in [0.2, 0.25) is 0 Å². The highest BCUT2D eigenvalue weighted by Crippen LogP contribution is 2.45. The molecule has 1 aromatic heterocycles. The quantitative estimate of drug-likeness (QED) is 0.816. The maximum absolute atomic E-state index is 11.7. The summed E-state index contributed by atoms with van der Waals surface area (Å²) >= 11 is 1.71. The predicted molar refractivity (Wildman–Crippen MR) is 67.2 cm³/mol. The summed E-state index contributed by atoms with van der Waals surface area (Å²) < 4.78 is 44.1. The number of nitrogens with zero attached hydrogens (tertiary/aromatic N) is 1. The summed E-state index contributed by atoms with van der Waals surface area (Å²) in [4.78, 5) is 0. The molecular weight excluding hydrogens is 316 g/mol. The molecule has 0 saturated carbocycles. The van der Waals surface area contributed by atoms with Gasteiger partial charge in [-0.2, -0.15) is 0 Å². The summed E-state index contributed by atoms with van der Waals surface area (Å²) in [6, 6.07) is 1.56. The Balaban J connectivity index is 2.08. The van der Waals surface area contributed by atoms with Crippen LogP contribution in [0.4, 0.5) is 5.00 Å². The lowest BCUT2D eigenvalue weighted by Crippen LogP contribution is -2.26. The van der Waals surface area contributed by atoms with E-state index in [2.05, 4.69) is 0 Å². The van der Waals surface area contributed by atoms with E-state index in [-0.39, 0.29) is 4.21 Å². The van der Waals surface area contributed by atoms with Gasteiger partial charge in [-0.25, -0.2) is 13.6 Å². The first-order chi connectivity index (χ1) is 8.90. The zero-order valence-corrected chi connectivity index (χ0v) is 12.1. The van der Waals surface area contributed by atoms with E-state index in [0.29, 0.717) is 23.8 Å². The molecular formula is C8H10N2O6S3. The highest BCUT2D eigenvalue weighted by Gasteiger charge is 2.40. The van der Waals surface area contributed by atoms with Gasteiger partial charge >= 0.3 is 0 Å². The van der Waals surface area contributed by atoms with E-state index >= 15 is 0 Å². The number of hydrogen-bond donors (Lipinski definition) is 1. The van der Waals surface area contributed by atoms with Crippen LogP contribution in [0.1, 0.15) is 12.5 Å². The zero-order chi connectivity index (χ0) is 13.7. The summed E-state index contributed by atoms with van der Waals surface area (Å²) in [5, 5.41) is 6.75.